The third kappa shape index (κ3) is 7.32. The molecule has 2 fully saturated rings. The summed E-state index contributed by atoms with van der Waals surface area (Å²) in [6.07, 6.45) is -1.41. The average Bonchev–Trinajstić information content (AvgIpc) is 3.22. The smallest absolute Gasteiger partial charge is 0.383 e. The Hall–Kier alpha value is -1.61. The van der Waals surface area contributed by atoms with Crippen molar-refractivity contribution in [3.8, 4) is 12.1 Å². The molecule has 3 N–H and O–H groups in total. The highest BCUT2D eigenvalue weighted by molar-refractivity contribution is 8.01. The van der Waals surface area contributed by atoms with Crippen LogP contribution in [0, 0.1) is 22.7 Å². The van der Waals surface area contributed by atoms with Crippen molar-refractivity contribution in [1.29, 1.82) is 10.5 Å². The van der Waals surface area contributed by atoms with E-state index in [4.69, 9.17) is 34.6 Å². The van der Waals surface area contributed by atoms with Crippen LogP contribution in [0.5, 0.6) is 0 Å². The quantitative estimate of drug-likeness (QED) is 0.194. The van der Waals surface area contributed by atoms with Gasteiger partial charge in [-0.05, 0) is 33.8 Å². The van der Waals surface area contributed by atoms with Gasteiger partial charge in [0.1, 0.15) is 24.3 Å². The van der Waals surface area contributed by atoms with Gasteiger partial charge in [-0.1, -0.05) is 11.9 Å². The van der Waals surface area contributed by atoms with Crippen molar-refractivity contribution in [1.82, 2.24) is 18.3 Å². The Morgan fingerprint density at radius 2 is 2.03 bits per heavy atom. The van der Waals surface area contributed by atoms with Crippen LogP contribution in [0.4, 0.5) is 5.82 Å². The number of nitrogen functional groups attached to an aromatic ring is 1. The van der Waals surface area contributed by atoms with Crippen molar-refractivity contribution >= 4 is 34.0 Å². The molecule has 2 saturated heterocycles. The minimum absolute atomic E-state index is 0.0410. The van der Waals surface area contributed by atoms with Crippen molar-refractivity contribution in [2.45, 2.75) is 83.7 Å². The van der Waals surface area contributed by atoms with E-state index in [1.807, 2.05) is 38.4 Å². The van der Waals surface area contributed by atoms with Gasteiger partial charge in [0.25, 0.3) is 8.53 Å². The van der Waals surface area contributed by atoms with Crippen molar-refractivity contribution in [2.24, 2.45) is 0 Å². The zero-order valence-corrected chi connectivity index (χ0v) is 24.2. The zero-order chi connectivity index (χ0) is 28.0. The Kier molecular flexibility index (Phi) is 11.1. The summed E-state index contributed by atoms with van der Waals surface area (Å²) in [5, 5.41) is 17.9. The Morgan fingerprint density at radius 1 is 1.34 bits per heavy atom. The molecule has 0 spiro atoms. The molecule has 14 nitrogen and oxygen atoms in total. The predicted octanol–water partition coefficient (Wildman–Crippen LogP) is 3.09. The van der Waals surface area contributed by atoms with Crippen LogP contribution in [-0.4, -0.2) is 66.1 Å². The largest absolute Gasteiger partial charge is 0.419 e. The van der Waals surface area contributed by atoms with Gasteiger partial charge in [0, 0.05) is 36.9 Å². The molecule has 210 valence electrons. The molecule has 3 rings (SSSR count). The molecule has 3 unspecified atom stereocenters. The summed E-state index contributed by atoms with van der Waals surface area (Å²) in [4.78, 5) is 26.5. The lowest BCUT2D eigenvalue weighted by Gasteiger charge is -2.46. The Labute approximate surface area is 227 Å². The van der Waals surface area contributed by atoms with Crippen LogP contribution < -0.4 is 11.4 Å². The minimum atomic E-state index is -4.08. The van der Waals surface area contributed by atoms with Gasteiger partial charge in [-0.25, -0.2) is 14.0 Å². The van der Waals surface area contributed by atoms with E-state index in [0.29, 0.717) is 0 Å². The highest BCUT2D eigenvalue weighted by atomic mass is 32.2. The molecular weight excluding hydrogens is 556 g/mol. The third-order valence-electron chi connectivity index (χ3n) is 5.59. The van der Waals surface area contributed by atoms with Crippen LogP contribution in [0.3, 0.4) is 0 Å². The number of ether oxygens (including phenoxy) is 1. The molecule has 6 atom stereocenters. The number of nitriles is 2. The molecule has 0 aromatic carbocycles. The molecule has 38 heavy (non-hydrogen) atoms. The maximum atomic E-state index is 12.5. The number of anilines is 1. The summed E-state index contributed by atoms with van der Waals surface area (Å²) in [5.41, 5.74) is 5.02. The second-order valence-corrected chi connectivity index (χ2v) is 13.4. The fraction of sp³-hybridized carbons (Fsp3) is 0.714. The van der Waals surface area contributed by atoms with Crippen LogP contribution in [0.25, 0.3) is 0 Å². The summed E-state index contributed by atoms with van der Waals surface area (Å²) >= 11 is 1.01. The second kappa shape index (κ2) is 13.6. The molecule has 0 amide bonds. The monoisotopic (exact) mass is 589 g/mol. The first-order valence-electron chi connectivity index (χ1n) is 12.1. The van der Waals surface area contributed by atoms with Crippen LogP contribution in [0.1, 0.15) is 53.2 Å². The molecule has 2 aliphatic heterocycles. The van der Waals surface area contributed by atoms with Crippen molar-refractivity contribution in [3.63, 3.8) is 0 Å². The van der Waals surface area contributed by atoms with Gasteiger partial charge in [-0.15, -0.1) is 4.08 Å². The van der Waals surface area contributed by atoms with Gasteiger partial charge in [-0.2, -0.15) is 15.5 Å². The van der Waals surface area contributed by atoms with E-state index in [0.717, 1.165) is 11.9 Å². The topological polar surface area (TPSA) is 189 Å². The Morgan fingerprint density at radius 3 is 2.61 bits per heavy atom. The van der Waals surface area contributed by atoms with Gasteiger partial charge in [0.2, 0.25) is 0 Å². The number of aromatic nitrogens is 2. The minimum Gasteiger partial charge on any atom is -0.383 e. The fourth-order valence-corrected chi connectivity index (χ4v) is 8.44. The lowest BCUT2D eigenvalue weighted by molar-refractivity contribution is -0.125. The number of nitrogens with zero attached hydrogens (tertiary/aromatic N) is 6. The van der Waals surface area contributed by atoms with Crippen molar-refractivity contribution in [3.05, 3.63) is 22.7 Å². The molecule has 2 aliphatic rings. The fourth-order valence-electron chi connectivity index (χ4n) is 4.09. The molecule has 3 heterocycles. The van der Waals surface area contributed by atoms with Gasteiger partial charge in [0.05, 0.1) is 25.2 Å². The maximum absolute atomic E-state index is 12.5. The van der Waals surface area contributed by atoms with Crippen LogP contribution >= 0.6 is 28.2 Å². The predicted molar refractivity (Wildman–Crippen MR) is 141 cm³/mol. The first-order valence-corrected chi connectivity index (χ1v) is 15.7. The van der Waals surface area contributed by atoms with Gasteiger partial charge >= 0.3 is 13.4 Å². The summed E-state index contributed by atoms with van der Waals surface area (Å²) in [6.45, 7) is 8.16. The van der Waals surface area contributed by atoms with Gasteiger partial charge < -0.3 is 24.4 Å². The van der Waals surface area contributed by atoms with Crippen LogP contribution in [0.15, 0.2) is 17.1 Å². The molecule has 1 aromatic heterocycles. The molecule has 1 aromatic rings. The Balaban J connectivity index is 1.92. The summed E-state index contributed by atoms with van der Waals surface area (Å²) in [7, 11) is -5.77. The Bertz CT molecular complexity index is 1140. The summed E-state index contributed by atoms with van der Waals surface area (Å²) < 4.78 is 41.1. The molecule has 17 heteroatoms. The first kappa shape index (κ1) is 30.9. The zero-order valence-electron chi connectivity index (χ0n) is 21.6. The number of hydrogen-bond acceptors (Lipinski definition) is 12. The van der Waals surface area contributed by atoms with E-state index in [2.05, 4.69) is 11.1 Å². The van der Waals surface area contributed by atoms with Gasteiger partial charge in [0.15, 0.2) is 6.23 Å². The molecule has 0 saturated carbocycles. The third-order valence-corrected chi connectivity index (χ3v) is 10.8. The normalized spacial score (nSPS) is 28.4. The highest BCUT2D eigenvalue weighted by Gasteiger charge is 2.59. The van der Waals surface area contributed by atoms with E-state index < -0.39 is 46.6 Å². The van der Waals surface area contributed by atoms with E-state index in [-0.39, 0.29) is 49.5 Å². The van der Waals surface area contributed by atoms with Gasteiger partial charge in [-0.3, -0.25) is 9.09 Å². The number of nitrogens with two attached hydrogens (primary N) is 1. The number of hydrogen-bond donors (Lipinski definition) is 2. The molecule has 0 bridgehead atoms. The summed E-state index contributed by atoms with van der Waals surface area (Å²) in [6, 6.07) is 5.61. The lowest BCUT2D eigenvalue weighted by Crippen LogP contribution is -2.52. The van der Waals surface area contributed by atoms with E-state index in [1.54, 1.807) is 0 Å². The summed E-state index contributed by atoms with van der Waals surface area (Å²) in [5.74, 6) is 0.346. The van der Waals surface area contributed by atoms with E-state index in [1.165, 1.54) is 20.9 Å². The van der Waals surface area contributed by atoms with E-state index >= 15 is 0 Å². The SMILES string of the molecule is CC(C)N(C(C)C)P(OCCC#N)O[C@H]1C[C@H](n2ccc(N)nc2=O)O[C@@H]1C1OP(=O)(O)N1SCCC#N. The van der Waals surface area contributed by atoms with E-state index in [9.17, 15) is 14.3 Å². The number of rotatable bonds is 13. The average molecular weight is 590 g/mol. The van der Waals surface area contributed by atoms with Crippen LogP contribution in [0.2, 0.25) is 0 Å². The highest BCUT2D eigenvalue weighted by Crippen LogP contribution is 2.65. The first-order chi connectivity index (χ1) is 18.0. The lowest BCUT2D eigenvalue weighted by atomic mass is 10.1. The molecule has 0 radical (unpaired) electrons. The van der Waals surface area contributed by atoms with Crippen molar-refractivity contribution < 1.29 is 27.8 Å². The molecular formula is C21H33N7O7P2S. The standard InChI is InChI=1S/C21H33N7O7P2S/c1-14(2)27(15(3)4)36(32-11-5-8-22)34-16-13-18(26-10-7-17(24)25-21(26)29)33-19(16)20-28(37(30,31)35-20)38-12-6-9-23/h7,10,14-16,18-20H,5-6,11-13H2,1-4H3,(H,30,31)(H2,24,25,29)/t16-,18+,19-,20?,36?/m0/s1. The molecule has 0 aliphatic carbocycles. The van der Waals surface area contributed by atoms with Crippen LogP contribution in [-0.2, 0) is 22.9 Å². The van der Waals surface area contributed by atoms with Crippen molar-refractivity contribution in [2.75, 3.05) is 18.1 Å². The maximum Gasteiger partial charge on any atom is 0.419 e. The second-order valence-electron chi connectivity index (χ2n) is 9.05.